The van der Waals surface area contributed by atoms with Crippen LogP contribution in [0.5, 0.6) is 0 Å². The number of carbonyl (C=O) groups excluding carboxylic acids is 9. The Morgan fingerprint density at radius 3 is 0.866 bits per heavy atom. The van der Waals surface area contributed by atoms with Gasteiger partial charge in [-0.1, -0.05) is 207 Å². The third kappa shape index (κ3) is 52.1. The van der Waals surface area contributed by atoms with Crippen molar-refractivity contribution in [1.82, 2.24) is 42.5 Å². The van der Waals surface area contributed by atoms with Crippen LogP contribution in [0.4, 0.5) is 0 Å². The molecule has 0 unspecified atom stereocenters. The maximum atomic E-state index is 14.4. The quantitative estimate of drug-likeness (QED) is 0.0254. The molecule has 566 valence electrons. The number of aliphatic hydroxyl groups is 1. The minimum absolute atomic E-state index is 0.0544. The van der Waals surface area contributed by atoms with Crippen LogP contribution >= 0.6 is 11.8 Å². The minimum Gasteiger partial charge on any atom is -0.394 e. The lowest BCUT2D eigenvalue weighted by Crippen LogP contribution is -2.60. The molecule has 24 heteroatoms. The van der Waals surface area contributed by atoms with E-state index in [1.807, 2.05) is 0 Å². The summed E-state index contributed by atoms with van der Waals surface area (Å²) in [6.45, 7) is 7.49. The second kappa shape index (κ2) is 66.0. The van der Waals surface area contributed by atoms with Crippen molar-refractivity contribution in [2.75, 3.05) is 50.8 Å². The summed E-state index contributed by atoms with van der Waals surface area (Å²) < 4.78 is 0. The molecule has 0 aliphatic rings. The summed E-state index contributed by atoms with van der Waals surface area (Å²) in [5.41, 5.74) is 28.7. The zero-order valence-electron chi connectivity index (χ0n) is 61.1. The van der Waals surface area contributed by atoms with E-state index < -0.39 is 84.3 Å². The van der Waals surface area contributed by atoms with Gasteiger partial charge in [-0.2, -0.15) is 11.8 Å². The number of thioether (sulfide) groups is 1. The summed E-state index contributed by atoms with van der Waals surface area (Å²) in [6.07, 6.45) is 41.0. The molecule has 7 atom stereocenters. The van der Waals surface area contributed by atoms with Gasteiger partial charge in [-0.15, -0.1) is 0 Å². The largest absolute Gasteiger partial charge is 0.394 e. The van der Waals surface area contributed by atoms with Gasteiger partial charge in [-0.05, 0) is 122 Å². The summed E-state index contributed by atoms with van der Waals surface area (Å²) >= 11 is 1.19. The van der Waals surface area contributed by atoms with Gasteiger partial charge in [0.1, 0.15) is 42.3 Å². The van der Waals surface area contributed by atoms with Gasteiger partial charge in [-0.3, -0.25) is 43.2 Å². The Labute approximate surface area is 590 Å². The van der Waals surface area contributed by atoms with Crippen molar-refractivity contribution in [2.45, 2.75) is 358 Å². The number of hydrogen-bond acceptors (Lipinski definition) is 15. The first-order valence-electron chi connectivity index (χ1n) is 38.7. The molecule has 9 amide bonds. The molecule has 0 bridgehead atoms. The normalized spacial score (nSPS) is 13.5. The van der Waals surface area contributed by atoms with Crippen LogP contribution in [0.3, 0.4) is 0 Å². The summed E-state index contributed by atoms with van der Waals surface area (Å²) in [5, 5.41) is 33.1. The van der Waals surface area contributed by atoms with Crippen molar-refractivity contribution < 1.29 is 48.3 Å². The number of nitrogens with one attached hydrogen (secondary N) is 8. The lowest BCUT2D eigenvalue weighted by Gasteiger charge is -2.27. The monoisotopic (exact) mass is 1390 g/mol. The van der Waals surface area contributed by atoms with E-state index >= 15 is 0 Å². The third-order valence-electron chi connectivity index (χ3n) is 17.9. The highest BCUT2D eigenvalue weighted by molar-refractivity contribution is 7.99. The van der Waals surface area contributed by atoms with Crippen molar-refractivity contribution >= 4 is 64.9 Å². The van der Waals surface area contributed by atoms with Crippen molar-refractivity contribution in [2.24, 2.45) is 28.7 Å². The van der Waals surface area contributed by atoms with E-state index in [0.29, 0.717) is 90.4 Å². The Hall–Kier alpha value is -4.62. The van der Waals surface area contributed by atoms with Gasteiger partial charge in [0.15, 0.2) is 0 Å². The average molecular weight is 1400 g/mol. The molecule has 0 saturated heterocycles. The SMILES string of the molecule is CCCCCCCCCCCCCCCCNC(=O)[C@H](CSC[C@H](NC(=O)CCCCCCCCCCC)C(=O)N[C@@H](CO)C(=O)N[C@@H](CCCCN)C(=O)N[C@@H](CCCCN)C(=O)N[C@@H](CCCCN)C(=O)N[C@@H](CCCCN)C(N)=O)NC(=O)CCCCCCCCCCC. The van der Waals surface area contributed by atoms with E-state index in [1.54, 1.807) is 0 Å². The fourth-order valence-electron chi connectivity index (χ4n) is 11.7. The minimum atomic E-state index is -1.61. The Balaban J connectivity index is 6.60. The van der Waals surface area contributed by atoms with Crippen molar-refractivity contribution in [3.63, 3.8) is 0 Å². The zero-order chi connectivity index (χ0) is 71.8. The molecule has 0 rings (SSSR count). The summed E-state index contributed by atoms with van der Waals surface area (Å²) in [7, 11) is 0. The molecular weight excluding hydrogens is 1250 g/mol. The molecule has 0 radical (unpaired) electrons. The average Bonchev–Trinajstić information content (AvgIpc) is 1.01. The fraction of sp³-hybridized carbons (Fsp3) is 0.877. The molecule has 0 spiro atoms. The van der Waals surface area contributed by atoms with E-state index in [9.17, 15) is 48.3 Å². The van der Waals surface area contributed by atoms with Crippen LogP contribution in [-0.2, 0) is 43.2 Å². The Morgan fingerprint density at radius 1 is 0.299 bits per heavy atom. The Morgan fingerprint density at radius 2 is 0.557 bits per heavy atom. The molecule has 23 nitrogen and oxygen atoms in total. The van der Waals surface area contributed by atoms with Gasteiger partial charge >= 0.3 is 0 Å². The Bertz CT molecular complexity index is 2030. The smallest absolute Gasteiger partial charge is 0.245 e. The number of amides is 9. The number of unbranched alkanes of at least 4 members (excludes halogenated alkanes) is 33. The van der Waals surface area contributed by atoms with Crippen molar-refractivity contribution in [1.29, 1.82) is 0 Å². The standard InChI is InChI=1S/C73H143N13O10S/c1-4-7-10-13-16-19-20-21-22-23-26-29-32-43-54-79-68(91)63(80-65(88)48-33-30-27-24-17-14-11-8-5-2)56-97-57-64(81-66(89)49-34-31-28-25-18-15-12-9-6-3)73(96)86-62(55-87)72(95)85-61(47-38-42-53-77)71(94)84-60(46-37-41-52-76)70(93)83-59(45-36-40-51-75)69(92)82-58(67(78)90)44-35-39-50-74/h58-64,87H,4-57,74-77H2,1-3H3,(H2,78,90)(H,79,91)(H,80,88)(H,81,89)(H,82,92)(H,83,93)(H,84,94)(H,85,95)(H,86,96)/t58-,59-,60-,61-,62-,63-,64-/m0/s1. The molecule has 0 aromatic carbocycles. The van der Waals surface area contributed by atoms with E-state index in [-0.39, 0.29) is 74.3 Å². The number of hydrogen-bond donors (Lipinski definition) is 14. The molecule has 0 aliphatic carbocycles. The maximum Gasteiger partial charge on any atom is 0.245 e. The predicted octanol–water partition coefficient (Wildman–Crippen LogP) is 8.55. The first-order chi connectivity index (χ1) is 47.1. The fourth-order valence-corrected chi connectivity index (χ4v) is 12.7. The molecule has 0 aliphatic heterocycles. The molecule has 0 heterocycles. The molecule has 19 N–H and O–H groups in total. The van der Waals surface area contributed by atoms with Crippen LogP contribution in [0.2, 0.25) is 0 Å². The molecule has 0 fully saturated rings. The zero-order valence-corrected chi connectivity index (χ0v) is 62.0. The van der Waals surface area contributed by atoms with Crippen LogP contribution in [0.15, 0.2) is 0 Å². The van der Waals surface area contributed by atoms with Crippen molar-refractivity contribution in [3.8, 4) is 0 Å². The highest BCUT2D eigenvalue weighted by atomic mass is 32.2. The first-order valence-corrected chi connectivity index (χ1v) is 39.9. The Kier molecular flexibility index (Phi) is 62.8. The number of aliphatic hydroxyl groups excluding tert-OH is 1. The van der Waals surface area contributed by atoms with Gasteiger partial charge in [0.25, 0.3) is 0 Å². The summed E-state index contributed by atoms with van der Waals surface area (Å²) in [5.74, 6) is -5.49. The number of nitrogens with two attached hydrogens (primary N) is 5. The molecule has 0 aromatic heterocycles. The first kappa shape index (κ1) is 92.4. The van der Waals surface area contributed by atoms with Crippen LogP contribution in [-0.4, -0.2) is 151 Å². The van der Waals surface area contributed by atoms with E-state index in [1.165, 1.54) is 134 Å². The van der Waals surface area contributed by atoms with E-state index in [0.717, 1.165) is 70.6 Å². The van der Waals surface area contributed by atoms with Gasteiger partial charge < -0.3 is 76.3 Å². The maximum absolute atomic E-state index is 14.4. The van der Waals surface area contributed by atoms with Crippen LogP contribution in [0, 0.1) is 0 Å². The summed E-state index contributed by atoms with van der Waals surface area (Å²) in [4.78, 5) is 125. The molecule has 97 heavy (non-hydrogen) atoms. The molecule has 0 saturated carbocycles. The van der Waals surface area contributed by atoms with Gasteiger partial charge in [0.2, 0.25) is 53.2 Å². The topological polar surface area (TPSA) is 400 Å². The van der Waals surface area contributed by atoms with Crippen molar-refractivity contribution in [3.05, 3.63) is 0 Å². The number of primary amides is 1. The highest BCUT2D eigenvalue weighted by Crippen LogP contribution is 2.17. The second-order valence-corrected chi connectivity index (χ2v) is 27.9. The van der Waals surface area contributed by atoms with Gasteiger partial charge in [-0.25, -0.2) is 0 Å². The predicted molar refractivity (Wildman–Crippen MR) is 396 cm³/mol. The molecular formula is C73H143N13O10S. The molecule has 0 aromatic rings. The lowest BCUT2D eigenvalue weighted by molar-refractivity contribution is -0.136. The number of carbonyl (C=O) groups is 9. The van der Waals surface area contributed by atoms with Crippen LogP contribution in [0.25, 0.3) is 0 Å². The number of rotatable bonds is 70. The van der Waals surface area contributed by atoms with E-state index in [2.05, 4.69) is 63.3 Å². The van der Waals surface area contributed by atoms with Crippen LogP contribution in [0.1, 0.15) is 316 Å². The lowest BCUT2D eigenvalue weighted by atomic mass is 10.0. The van der Waals surface area contributed by atoms with Gasteiger partial charge in [0, 0.05) is 30.9 Å². The highest BCUT2D eigenvalue weighted by Gasteiger charge is 2.34. The van der Waals surface area contributed by atoms with E-state index in [4.69, 9.17) is 28.7 Å². The van der Waals surface area contributed by atoms with Crippen LogP contribution < -0.4 is 71.2 Å². The third-order valence-corrected chi connectivity index (χ3v) is 19.0. The second-order valence-electron chi connectivity index (χ2n) is 26.9. The van der Waals surface area contributed by atoms with Gasteiger partial charge in [0.05, 0.1) is 6.61 Å². The summed E-state index contributed by atoms with van der Waals surface area (Å²) in [6, 6.07) is -8.44.